The van der Waals surface area contributed by atoms with E-state index in [1.54, 1.807) is 6.92 Å². The fraction of sp³-hybridized carbons (Fsp3) is 0.588. The van der Waals surface area contributed by atoms with Crippen LogP contribution in [0.1, 0.15) is 31.7 Å². The Balaban J connectivity index is 1.66. The van der Waals surface area contributed by atoms with E-state index in [9.17, 15) is 4.79 Å². The Kier molecular flexibility index (Phi) is 6.05. The van der Waals surface area contributed by atoms with Crippen molar-refractivity contribution >= 4 is 5.91 Å². The lowest BCUT2D eigenvalue weighted by atomic mass is 10.2. The van der Waals surface area contributed by atoms with Gasteiger partial charge in [-0.3, -0.25) is 4.79 Å². The van der Waals surface area contributed by atoms with Crippen LogP contribution in [0.4, 0.5) is 0 Å². The first-order chi connectivity index (χ1) is 10.2. The summed E-state index contributed by atoms with van der Waals surface area (Å²) in [6.07, 6.45) is 3.17. The molecule has 21 heavy (non-hydrogen) atoms. The molecule has 1 fully saturated rings. The van der Waals surface area contributed by atoms with Crippen LogP contribution in [0.2, 0.25) is 0 Å². The summed E-state index contributed by atoms with van der Waals surface area (Å²) in [6, 6.07) is 7.76. The van der Waals surface area contributed by atoms with E-state index < -0.39 is 6.10 Å². The van der Waals surface area contributed by atoms with E-state index in [4.69, 9.17) is 4.74 Å². The molecule has 1 aliphatic rings. The average molecular weight is 290 g/mol. The van der Waals surface area contributed by atoms with Crippen molar-refractivity contribution in [2.45, 2.75) is 39.2 Å². The van der Waals surface area contributed by atoms with Crippen molar-refractivity contribution in [2.75, 3.05) is 26.2 Å². The number of rotatable bonds is 7. The molecule has 0 saturated carbocycles. The molecule has 0 bridgehead atoms. The molecule has 1 N–H and O–H groups in total. The first-order valence-corrected chi connectivity index (χ1v) is 7.89. The maximum Gasteiger partial charge on any atom is 0.260 e. The molecule has 1 heterocycles. The molecule has 0 spiro atoms. The molecule has 0 aliphatic carbocycles. The van der Waals surface area contributed by atoms with Gasteiger partial charge < -0.3 is 15.0 Å². The molecule has 0 unspecified atom stereocenters. The number of likely N-dealkylation sites (tertiary alicyclic amines) is 1. The zero-order valence-corrected chi connectivity index (χ0v) is 13.1. The highest BCUT2D eigenvalue weighted by molar-refractivity contribution is 5.80. The van der Waals surface area contributed by atoms with Gasteiger partial charge in [-0.2, -0.15) is 0 Å². The zero-order valence-electron chi connectivity index (χ0n) is 13.1. The van der Waals surface area contributed by atoms with Crippen molar-refractivity contribution < 1.29 is 9.53 Å². The summed E-state index contributed by atoms with van der Waals surface area (Å²) in [5, 5.41) is 2.96. The molecule has 1 aromatic rings. The Hall–Kier alpha value is -1.55. The Labute approximate surface area is 127 Å². The number of para-hydroxylation sites is 1. The largest absolute Gasteiger partial charge is 0.481 e. The van der Waals surface area contributed by atoms with Crippen LogP contribution in [-0.4, -0.2) is 43.1 Å². The van der Waals surface area contributed by atoms with Crippen LogP contribution in [0, 0.1) is 6.92 Å². The lowest BCUT2D eigenvalue weighted by Crippen LogP contribution is -2.37. The fourth-order valence-electron chi connectivity index (χ4n) is 2.60. The Morgan fingerprint density at radius 1 is 1.33 bits per heavy atom. The molecule has 1 amide bonds. The number of aryl methyl sites for hydroxylation is 1. The maximum absolute atomic E-state index is 12.0. The van der Waals surface area contributed by atoms with E-state index in [-0.39, 0.29) is 5.91 Å². The third kappa shape index (κ3) is 5.05. The molecule has 1 aliphatic heterocycles. The van der Waals surface area contributed by atoms with E-state index in [2.05, 4.69) is 10.2 Å². The fourth-order valence-corrected chi connectivity index (χ4v) is 2.60. The van der Waals surface area contributed by atoms with Gasteiger partial charge in [0, 0.05) is 6.54 Å². The SMILES string of the molecule is Cc1ccccc1O[C@H](C)C(=O)NCCCN1CCCC1. The number of nitrogens with zero attached hydrogens (tertiary/aromatic N) is 1. The van der Waals surface area contributed by atoms with Gasteiger partial charge in [-0.25, -0.2) is 0 Å². The van der Waals surface area contributed by atoms with Gasteiger partial charge in [0.2, 0.25) is 0 Å². The molecular formula is C17H26N2O2. The molecule has 1 atom stereocenters. The van der Waals surface area contributed by atoms with Gasteiger partial charge in [0.15, 0.2) is 6.10 Å². The number of carbonyl (C=O) groups is 1. The normalized spacial score (nSPS) is 16.7. The molecule has 1 saturated heterocycles. The number of carbonyl (C=O) groups excluding carboxylic acids is 1. The molecular weight excluding hydrogens is 264 g/mol. The number of hydrogen-bond donors (Lipinski definition) is 1. The van der Waals surface area contributed by atoms with E-state index in [0.717, 1.165) is 30.8 Å². The van der Waals surface area contributed by atoms with Crippen molar-refractivity contribution in [1.82, 2.24) is 10.2 Å². The molecule has 1 aromatic carbocycles. The summed E-state index contributed by atoms with van der Waals surface area (Å²) < 4.78 is 5.71. The predicted molar refractivity (Wildman–Crippen MR) is 84.6 cm³/mol. The first kappa shape index (κ1) is 15.8. The lowest BCUT2D eigenvalue weighted by Gasteiger charge is -2.17. The highest BCUT2D eigenvalue weighted by Gasteiger charge is 2.15. The van der Waals surface area contributed by atoms with Gasteiger partial charge >= 0.3 is 0 Å². The monoisotopic (exact) mass is 290 g/mol. The number of benzene rings is 1. The van der Waals surface area contributed by atoms with Crippen LogP contribution in [0.25, 0.3) is 0 Å². The van der Waals surface area contributed by atoms with Crippen LogP contribution in [-0.2, 0) is 4.79 Å². The summed E-state index contributed by atoms with van der Waals surface area (Å²) in [5.41, 5.74) is 1.05. The predicted octanol–water partition coefficient (Wildman–Crippen LogP) is 2.36. The van der Waals surface area contributed by atoms with Crippen molar-refractivity contribution in [3.63, 3.8) is 0 Å². The quantitative estimate of drug-likeness (QED) is 0.784. The molecule has 116 valence electrons. The number of amides is 1. The zero-order chi connectivity index (χ0) is 15.1. The Bertz CT molecular complexity index is 456. The topological polar surface area (TPSA) is 41.6 Å². The van der Waals surface area contributed by atoms with Crippen LogP contribution in [0.3, 0.4) is 0 Å². The molecule has 4 nitrogen and oxygen atoms in total. The standard InChI is InChI=1S/C17H26N2O2/c1-14-8-3-4-9-16(14)21-15(2)17(20)18-10-7-13-19-11-5-6-12-19/h3-4,8-9,15H,5-7,10-13H2,1-2H3,(H,18,20)/t15-/m1/s1. The van der Waals surface area contributed by atoms with Gasteiger partial charge in [0.1, 0.15) is 5.75 Å². The van der Waals surface area contributed by atoms with Gasteiger partial charge in [0.05, 0.1) is 0 Å². The number of nitrogens with one attached hydrogen (secondary N) is 1. The second-order valence-corrected chi connectivity index (χ2v) is 5.72. The lowest BCUT2D eigenvalue weighted by molar-refractivity contribution is -0.127. The second-order valence-electron chi connectivity index (χ2n) is 5.72. The van der Waals surface area contributed by atoms with Crippen molar-refractivity contribution in [3.05, 3.63) is 29.8 Å². The number of hydrogen-bond acceptors (Lipinski definition) is 3. The van der Waals surface area contributed by atoms with Gasteiger partial charge in [0.25, 0.3) is 5.91 Å². The molecule has 2 rings (SSSR count). The van der Waals surface area contributed by atoms with E-state index in [1.807, 2.05) is 31.2 Å². The van der Waals surface area contributed by atoms with Crippen molar-refractivity contribution in [1.29, 1.82) is 0 Å². The minimum Gasteiger partial charge on any atom is -0.481 e. The van der Waals surface area contributed by atoms with E-state index in [0.29, 0.717) is 0 Å². The van der Waals surface area contributed by atoms with Crippen molar-refractivity contribution in [3.8, 4) is 5.75 Å². The maximum atomic E-state index is 12.0. The first-order valence-electron chi connectivity index (χ1n) is 7.89. The Morgan fingerprint density at radius 2 is 2.05 bits per heavy atom. The van der Waals surface area contributed by atoms with Crippen LogP contribution < -0.4 is 10.1 Å². The molecule has 0 aromatic heterocycles. The van der Waals surface area contributed by atoms with Crippen molar-refractivity contribution in [2.24, 2.45) is 0 Å². The average Bonchev–Trinajstić information content (AvgIpc) is 2.99. The molecule has 4 heteroatoms. The van der Waals surface area contributed by atoms with Crippen LogP contribution in [0.5, 0.6) is 5.75 Å². The Morgan fingerprint density at radius 3 is 2.76 bits per heavy atom. The minimum absolute atomic E-state index is 0.0420. The van der Waals surface area contributed by atoms with Crippen LogP contribution >= 0.6 is 0 Å². The van der Waals surface area contributed by atoms with Gasteiger partial charge in [-0.15, -0.1) is 0 Å². The smallest absolute Gasteiger partial charge is 0.260 e. The molecule has 0 radical (unpaired) electrons. The number of ether oxygens (including phenoxy) is 1. The minimum atomic E-state index is -0.460. The summed E-state index contributed by atoms with van der Waals surface area (Å²) in [7, 11) is 0. The van der Waals surface area contributed by atoms with E-state index >= 15 is 0 Å². The highest BCUT2D eigenvalue weighted by Crippen LogP contribution is 2.17. The summed E-state index contributed by atoms with van der Waals surface area (Å²) in [4.78, 5) is 14.5. The van der Waals surface area contributed by atoms with Gasteiger partial charge in [-0.1, -0.05) is 18.2 Å². The third-order valence-electron chi connectivity index (χ3n) is 3.92. The van der Waals surface area contributed by atoms with Gasteiger partial charge in [-0.05, 0) is 64.4 Å². The van der Waals surface area contributed by atoms with Crippen LogP contribution in [0.15, 0.2) is 24.3 Å². The third-order valence-corrected chi connectivity index (χ3v) is 3.92. The highest BCUT2D eigenvalue weighted by atomic mass is 16.5. The summed E-state index contributed by atoms with van der Waals surface area (Å²) >= 11 is 0. The second kappa shape index (κ2) is 8.03. The summed E-state index contributed by atoms with van der Waals surface area (Å²) in [6.45, 7) is 7.99. The van der Waals surface area contributed by atoms with E-state index in [1.165, 1.54) is 25.9 Å². The summed E-state index contributed by atoms with van der Waals surface area (Å²) in [5.74, 6) is 0.733.